The number of rotatable bonds is 3. The summed E-state index contributed by atoms with van der Waals surface area (Å²) in [5.41, 5.74) is 3.42. The van der Waals surface area contributed by atoms with Crippen molar-refractivity contribution in [2.75, 3.05) is 18.2 Å². The molecule has 152 valence electrons. The van der Waals surface area contributed by atoms with Crippen LogP contribution in [0.3, 0.4) is 0 Å². The van der Waals surface area contributed by atoms with Crippen LogP contribution in [0.5, 0.6) is 0 Å². The van der Waals surface area contributed by atoms with Crippen LogP contribution in [0.15, 0.2) is 65.9 Å². The van der Waals surface area contributed by atoms with Crippen LogP contribution < -0.4 is 10.2 Å². The molecule has 0 spiro atoms. The van der Waals surface area contributed by atoms with Gasteiger partial charge in [0, 0.05) is 24.9 Å². The molecule has 0 amide bonds. The number of hydrogen-bond donors (Lipinski definition) is 1. The monoisotopic (exact) mass is 399 g/mol. The van der Waals surface area contributed by atoms with Crippen LogP contribution in [0, 0.1) is 5.92 Å². The molecule has 6 rings (SSSR count). The fourth-order valence-electron chi connectivity index (χ4n) is 4.82. The van der Waals surface area contributed by atoms with E-state index in [0.717, 1.165) is 43.5 Å². The van der Waals surface area contributed by atoms with Gasteiger partial charge in [-0.15, -0.1) is 0 Å². The summed E-state index contributed by atoms with van der Waals surface area (Å²) in [4.78, 5) is 18.7. The van der Waals surface area contributed by atoms with Crippen LogP contribution in [0.25, 0.3) is 11.0 Å². The van der Waals surface area contributed by atoms with Gasteiger partial charge in [-0.25, -0.2) is 9.98 Å². The Hall–Kier alpha value is -3.19. The van der Waals surface area contributed by atoms with E-state index < -0.39 is 0 Å². The van der Waals surface area contributed by atoms with Crippen molar-refractivity contribution in [2.24, 2.45) is 10.9 Å². The lowest BCUT2D eigenvalue weighted by atomic mass is 9.91. The second-order valence-electron chi connectivity index (χ2n) is 8.29. The van der Waals surface area contributed by atoms with Gasteiger partial charge >= 0.3 is 0 Å². The largest absolute Gasteiger partial charge is 0.335 e. The topological polar surface area (TPSA) is 61.6 Å². The molecule has 0 radical (unpaired) electrons. The first-order valence-electron chi connectivity index (χ1n) is 10.7. The molecule has 2 aliphatic heterocycles. The molecular formula is C23H25N7. The molecule has 30 heavy (non-hydrogen) atoms. The van der Waals surface area contributed by atoms with Gasteiger partial charge in [-0.1, -0.05) is 30.4 Å². The van der Waals surface area contributed by atoms with Gasteiger partial charge in [0.1, 0.15) is 6.17 Å². The number of aliphatic imine (C=N–C) groups is 1. The first kappa shape index (κ1) is 17.7. The molecule has 0 saturated heterocycles. The van der Waals surface area contributed by atoms with Crippen LogP contribution in [0.4, 0.5) is 5.95 Å². The third-order valence-electron chi connectivity index (χ3n) is 6.28. The van der Waals surface area contributed by atoms with Gasteiger partial charge in [0.25, 0.3) is 0 Å². The van der Waals surface area contributed by atoms with E-state index in [9.17, 15) is 0 Å². The molecule has 0 bridgehead atoms. The van der Waals surface area contributed by atoms with E-state index in [1.54, 1.807) is 0 Å². The molecule has 7 nitrogen and oxygen atoms in total. The van der Waals surface area contributed by atoms with E-state index >= 15 is 0 Å². The number of fused-ring (bicyclic) bond motifs is 5. The number of guanidine groups is 1. The fraction of sp³-hybridized carbons (Fsp3) is 0.348. The Kier molecular flexibility index (Phi) is 4.27. The number of anilines is 1. The van der Waals surface area contributed by atoms with Gasteiger partial charge in [0.05, 0.1) is 24.4 Å². The molecule has 2 aromatic heterocycles. The van der Waals surface area contributed by atoms with E-state index in [2.05, 4.69) is 67.2 Å². The number of hydrogen-bond acceptors (Lipinski definition) is 6. The average Bonchev–Trinajstić information content (AvgIpc) is 3.20. The van der Waals surface area contributed by atoms with Gasteiger partial charge < -0.3 is 5.32 Å². The molecule has 7 heteroatoms. The molecule has 1 aliphatic carbocycles. The fourth-order valence-corrected chi connectivity index (χ4v) is 4.82. The highest BCUT2D eigenvalue weighted by atomic mass is 15.5. The number of pyridine rings is 1. The van der Waals surface area contributed by atoms with E-state index in [1.165, 1.54) is 17.5 Å². The van der Waals surface area contributed by atoms with Crippen molar-refractivity contribution in [3.05, 3.63) is 66.5 Å². The highest BCUT2D eigenvalue weighted by Gasteiger charge is 2.38. The zero-order valence-corrected chi connectivity index (χ0v) is 16.9. The second-order valence-corrected chi connectivity index (χ2v) is 8.29. The minimum Gasteiger partial charge on any atom is -0.335 e. The number of nitrogens with zero attached hydrogens (tertiary/aromatic N) is 6. The molecule has 3 aromatic rings. The minimum atomic E-state index is 0.178. The summed E-state index contributed by atoms with van der Waals surface area (Å²) in [7, 11) is 0. The zero-order valence-electron chi connectivity index (χ0n) is 16.9. The van der Waals surface area contributed by atoms with Crippen molar-refractivity contribution in [3.8, 4) is 0 Å². The quantitative estimate of drug-likeness (QED) is 0.683. The molecule has 2 unspecified atom stereocenters. The number of imidazole rings is 1. The summed E-state index contributed by atoms with van der Waals surface area (Å²) in [5.74, 6) is 2.47. The third-order valence-corrected chi connectivity index (χ3v) is 6.28. The number of nitrogens with one attached hydrogen (secondary N) is 1. The SMILES string of the molecule is C1=CCC(C2NC3=NCN(Cc4cccnc4)CN3c3nc4ccccc4n32)CC1. The van der Waals surface area contributed by atoms with Gasteiger partial charge in [0.15, 0.2) is 0 Å². The van der Waals surface area contributed by atoms with Gasteiger partial charge in [-0.3, -0.25) is 19.4 Å². The van der Waals surface area contributed by atoms with Gasteiger partial charge in [0.2, 0.25) is 11.9 Å². The lowest BCUT2D eigenvalue weighted by Gasteiger charge is -2.44. The second kappa shape index (κ2) is 7.25. The summed E-state index contributed by atoms with van der Waals surface area (Å²) < 4.78 is 2.39. The Morgan fingerprint density at radius 2 is 2.07 bits per heavy atom. The standard InChI is InChI=1S/C23H25N7/c1-2-8-18(9-3-1)21-27-22-25-15-28(14-17-7-6-12-24-13-17)16-29(22)23-26-19-10-4-5-11-20(19)30(21)23/h1-2,4-7,10-13,18,21H,3,8-9,14-16H2,(H,25,27). The summed E-state index contributed by atoms with van der Waals surface area (Å²) in [6.45, 7) is 2.24. The van der Waals surface area contributed by atoms with E-state index in [4.69, 9.17) is 9.98 Å². The number of benzene rings is 1. The van der Waals surface area contributed by atoms with E-state index in [-0.39, 0.29) is 6.17 Å². The maximum Gasteiger partial charge on any atom is 0.216 e. The van der Waals surface area contributed by atoms with Crippen LogP contribution in [-0.2, 0) is 6.54 Å². The highest BCUT2D eigenvalue weighted by Crippen LogP contribution is 2.37. The van der Waals surface area contributed by atoms with Crippen LogP contribution in [0.2, 0.25) is 0 Å². The molecule has 0 fully saturated rings. The smallest absolute Gasteiger partial charge is 0.216 e. The lowest BCUT2D eigenvalue weighted by molar-refractivity contribution is 0.242. The van der Waals surface area contributed by atoms with Crippen molar-refractivity contribution < 1.29 is 0 Å². The first-order chi connectivity index (χ1) is 14.9. The third kappa shape index (κ3) is 2.97. The summed E-state index contributed by atoms with van der Waals surface area (Å²) in [5, 5.41) is 3.77. The summed E-state index contributed by atoms with van der Waals surface area (Å²) in [6.07, 6.45) is 11.9. The molecular weight excluding hydrogens is 374 g/mol. The van der Waals surface area contributed by atoms with Crippen LogP contribution in [-0.4, -0.2) is 38.7 Å². The summed E-state index contributed by atoms with van der Waals surface area (Å²) in [6, 6.07) is 12.5. The Bertz CT molecular complexity index is 1120. The minimum absolute atomic E-state index is 0.178. The Morgan fingerprint density at radius 3 is 2.93 bits per heavy atom. The average molecular weight is 400 g/mol. The first-order valence-corrected chi connectivity index (χ1v) is 10.7. The Balaban J connectivity index is 1.38. The normalized spacial score (nSPS) is 23.6. The Morgan fingerprint density at radius 1 is 1.10 bits per heavy atom. The number of aromatic nitrogens is 3. The predicted octanol–water partition coefficient (Wildman–Crippen LogP) is 3.48. The molecule has 4 heterocycles. The van der Waals surface area contributed by atoms with Crippen LogP contribution in [0.1, 0.15) is 31.0 Å². The predicted molar refractivity (Wildman–Crippen MR) is 118 cm³/mol. The van der Waals surface area contributed by atoms with Crippen molar-refractivity contribution in [3.63, 3.8) is 0 Å². The van der Waals surface area contributed by atoms with E-state index in [0.29, 0.717) is 12.6 Å². The maximum absolute atomic E-state index is 5.04. The van der Waals surface area contributed by atoms with Crippen LogP contribution >= 0.6 is 0 Å². The highest BCUT2D eigenvalue weighted by molar-refractivity contribution is 5.98. The van der Waals surface area contributed by atoms with Gasteiger partial charge in [-0.2, -0.15) is 0 Å². The van der Waals surface area contributed by atoms with Crippen molar-refractivity contribution >= 4 is 22.9 Å². The van der Waals surface area contributed by atoms with Crippen molar-refractivity contribution in [2.45, 2.75) is 32.0 Å². The van der Waals surface area contributed by atoms with Gasteiger partial charge in [-0.05, 0) is 43.0 Å². The maximum atomic E-state index is 5.04. The number of para-hydroxylation sites is 2. The Labute approximate surface area is 175 Å². The lowest BCUT2D eigenvalue weighted by Crippen LogP contribution is -2.58. The number of allylic oxidation sites excluding steroid dienone is 2. The zero-order chi connectivity index (χ0) is 19.9. The molecule has 0 saturated carbocycles. The molecule has 1 aromatic carbocycles. The molecule has 3 aliphatic rings. The molecule has 1 N–H and O–H groups in total. The van der Waals surface area contributed by atoms with Crippen molar-refractivity contribution in [1.82, 2.24) is 24.8 Å². The summed E-state index contributed by atoms with van der Waals surface area (Å²) >= 11 is 0. The van der Waals surface area contributed by atoms with E-state index in [1.807, 2.05) is 18.5 Å². The molecule has 2 atom stereocenters. The van der Waals surface area contributed by atoms with Crippen molar-refractivity contribution in [1.29, 1.82) is 0 Å².